The number of carbonyl (C=O) groups is 2. The van der Waals surface area contributed by atoms with Gasteiger partial charge in [-0.05, 0) is 25.2 Å². The second-order valence-corrected chi connectivity index (χ2v) is 6.50. The number of nitrogens with one attached hydrogen (secondary N) is 1. The maximum Gasteiger partial charge on any atom is 0.408 e. The van der Waals surface area contributed by atoms with E-state index in [1.807, 2.05) is 0 Å². The molecule has 136 valence electrons. The summed E-state index contributed by atoms with van der Waals surface area (Å²) in [5, 5.41) is 2.11. The summed E-state index contributed by atoms with van der Waals surface area (Å²) in [5.41, 5.74) is 0. The van der Waals surface area contributed by atoms with Gasteiger partial charge in [-0.1, -0.05) is 18.9 Å². The van der Waals surface area contributed by atoms with Crippen LogP contribution < -0.4 is 5.32 Å². The maximum atomic E-state index is 13.3. The second kappa shape index (κ2) is 7.44. The number of carbonyl (C=O) groups excluding carboxylic acids is 2. The molecular formula is C16H24F3N3O2. The molecule has 0 aromatic rings. The van der Waals surface area contributed by atoms with Crippen molar-refractivity contribution >= 4 is 11.9 Å². The molecule has 0 aromatic heterocycles. The summed E-state index contributed by atoms with van der Waals surface area (Å²) >= 11 is 0. The summed E-state index contributed by atoms with van der Waals surface area (Å²) < 4.78 is 39.9. The van der Waals surface area contributed by atoms with Crippen LogP contribution in [0.25, 0.3) is 0 Å². The number of likely N-dealkylation sites (tertiary alicyclic amines) is 1. The summed E-state index contributed by atoms with van der Waals surface area (Å²) in [6.45, 7) is 4.41. The van der Waals surface area contributed by atoms with E-state index < -0.39 is 30.2 Å². The third kappa shape index (κ3) is 4.02. The Kier molecular flexibility index (Phi) is 5.77. The first-order valence-electron chi connectivity index (χ1n) is 8.25. The average Bonchev–Trinajstić information content (AvgIpc) is 3.14. The van der Waals surface area contributed by atoms with Crippen LogP contribution in [0.1, 0.15) is 32.1 Å². The standard InChI is InChI=1S/C16H24F3N3O2/c1-3-9-22-10-8-12(14(22)23)21(2)15(24)20-13(16(17,18)19)11-6-4-5-7-11/h3,11-13H,1,4-10H2,2H3,(H,20,24)/t12-,13-/m0/s1. The average molecular weight is 347 g/mol. The minimum absolute atomic E-state index is 0.253. The Morgan fingerprint density at radius 2 is 2.04 bits per heavy atom. The van der Waals surface area contributed by atoms with Gasteiger partial charge in [-0.2, -0.15) is 13.2 Å². The lowest BCUT2D eigenvalue weighted by molar-refractivity contribution is -0.165. The molecule has 0 aromatic carbocycles. The number of rotatable bonds is 5. The number of likely N-dealkylation sites (N-methyl/N-ethyl adjacent to an activating group) is 1. The zero-order chi connectivity index (χ0) is 17.9. The van der Waals surface area contributed by atoms with Crippen molar-refractivity contribution in [2.24, 2.45) is 5.92 Å². The molecule has 1 aliphatic heterocycles. The van der Waals surface area contributed by atoms with Crippen molar-refractivity contribution in [3.63, 3.8) is 0 Å². The van der Waals surface area contributed by atoms with Crippen LogP contribution in [-0.2, 0) is 4.79 Å². The molecule has 1 saturated carbocycles. The third-order valence-corrected chi connectivity index (χ3v) is 4.91. The lowest BCUT2D eigenvalue weighted by atomic mass is 9.98. The second-order valence-electron chi connectivity index (χ2n) is 6.50. The van der Waals surface area contributed by atoms with Crippen LogP contribution in [0.15, 0.2) is 12.7 Å². The SMILES string of the molecule is C=CCN1CC[C@H](N(C)C(=O)N[C@@H](C2CCCC2)C(F)(F)F)C1=O. The summed E-state index contributed by atoms with van der Waals surface area (Å²) in [7, 11) is 1.37. The van der Waals surface area contributed by atoms with Gasteiger partial charge < -0.3 is 15.1 Å². The van der Waals surface area contributed by atoms with Crippen molar-refractivity contribution in [3.05, 3.63) is 12.7 Å². The maximum absolute atomic E-state index is 13.3. The third-order valence-electron chi connectivity index (χ3n) is 4.91. The van der Waals surface area contributed by atoms with Gasteiger partial charge in [-0.3, -0.25) is 4.79 Å². The van der Waals surface area contributed by atoms with E-state index in [0.29, 0.717) is 32.4 Å². The van der Waals surface area contributed by atoms with E-state index >= 15 is 0 Å². The molecule has 1 heterocycles. The Hall–Kier alpha value is -1.73. The zero-order valence-corrected chi connectivity index (χ0v) is 13.8. The molecule has 24 heavy (non-hydrogen) atoms. The van der Waals surface area contributed by atoms with Crippen molar-refractivity contribution in [3.8, 4) is 0 Å². The van der Waals surface area contributed by atoms with Crippen LogP contribution in [0, 0.1) is 5.92 Å². The minimum atomic E-state index is -4.49. The van der Waals surface area contributed by atoms with E-state index in [9.17, 15) is 22.8 Å². The van der Waals surface area contributed by atoms with Gasteiger partial charge in [0.05, 0.1) is 0 Å². The largest absolute Gasteiger partial charge is 0.408 e. The van der Waals surface area contributed by atoms with Crippen molar-refractivity contribution < 1.29 is 22.8 Å². The lowest BCUT2D eigenvalue weighted by Gasteiger charge is -2.31. The highest BCUT2D eigenvalue weighted by Crippen LogP contribution is 2.35. The Morgan fingerprint density at radius 1 is 1.42 bits per heavy atom. The summed E-state index contributed by atoms with van der Waals surface area (Å²) in [4.78, 5) is 27.1. The number of hydrogen-bond donors (Lipinski definition) is 1. The normalized spacial score (nSPS) is 23.4. The highest BCUT2D eigenvalue weighted by atomic mass is 19.4. The van der Waals surface area contributed by atoms with Gasteiger partial charge in [0.1, 0.15) is 12.1 Å². The van der Waals surface area contributed by atoms with Gasteiger partial charge in [0.2, 0.25) is 5.91 Å². The van der Waals surface area contributed by atoms with E-state index in [2.05, 4.69) is 11.9 Å². The number of nitrogens with zero attached hydrogens (tertiary/aromatic N) is 2. The Balaban J connectivity index is 2.01. The Bertz CT molecular complexity index is 489. The van der Waals surface area contributed by atoms with Gasteiger partial charge in [-0.25, -0.2) is 4.79 Å². The van der Waals surface area contributed by atoms with Gasteiger partial charge >= 0.3 is 12.2 Å². The minimum Gasteiger partial charge on any atom is -0.337 e. The first-order chi connectivity index (χ1) is 11.3. The number of amides is 3. The van der Waals surface area contributed by atoms with Crippen molar-refractivity contribution in [2.75, 3.05) is 20.1 Å². The zero-order valence-electron chi connectivity index (χ0n) is 13.8. The molecule has 2 atom stereocenters. The highest BCUT2D eigenvalue weighted by molar-refractivity contribution is 5.88. The van der Waals surface area contributed by atoms with Gasteiger partial charge in [0.15, 0.2) is 0 Å². The lowest BCUT2D eigenvalue weighted by Crippen LogP contribution is -2.55. The predicted molar refractivity (Wildman–Crippen MR) is 83.3 cm³/mol. The molecule has 1 saturated heterocycles. The fraction of sp³-hybridized carbons (Fsp3) is 0.750. The number of alkyl halides is 3. The Morgan fingerprint density at radius 3 is 2.58 bits per heavy atom. The molecular weight excluding hydrogens is 323 g/mol. The molecule has 1 N–H and O–H groups in total. The molecule has 8 heteroatoms. The van der Waals surface area contributed by atoms with Crippen molar-refractivity contribution in [1.29, 1.82) is 0 Å². The number of urea groups is 1. The molecule has 2 rings (SSSR count). The van der Waals surface area contributed by atoms with E-state index in [-0.39, 0.29) is 5.91 Å². The van der Waals surface area contributed by atoms with Crippen LogP contribution in [-0.4, -0.2) is 60.1 Å². The van der Waals surface area contributed by atoms with Crippen LogP contribution in [0.3, 0.4) is 0 Å². The van der Waals surface area contributed by atoms with E-state index in [1.165, 1.54) is 7.05 Å². The quantitative estimate of drug-likeness (QED) is 0.777. The molecule has 0 spiro atoms. The van der Waals surface area contributed by atoms with Crippen LogP contribution in [0.4, 0.5) is 18.0 Å². The van der Waals surface area contributed by atoms with Gasteiger partial charge in [-0.15, -0.1) is 6.58 Å². The summed E-state index contributed by atoms with van der Waals surface area (Å²) in [5.74, 6) is -0.837. The topological polar surface area (TPSA) is 52.6 Å². The molecule has 2 aliphatic rings. The Labute approximate surface area is 139 Å². The highest BCUT2D eigenvalue weighted by Gasteiger charge is 2.47. The summed E-state index contributed by atoms with van der Waals surface area (Å²) in [6, 6.07) is -3.42. The van der Waals surface area contributed by atoms with Crippen molar-refractivity contribution in [2.45, 2.75) is 50.4 Å². The molecule has 5 nitrogen and oxygen atoms in total. The first-order valence-corrected chi connectivity index (χ1v) is 8.25. The molecule has 3 amide bonds. The van der Waals surface area contributed by atoms with Gasteiger partial charge in [0.25, 0.3) is 0 Å². The van der Waals surface area contributed by atoms with Crippen LogP contribution in [0.5, 0.6) is 0 Å². The van der Waals surface area contributed by atoms with Crippen LogP contribution >= 0.6 is 0 Å². The van der Waals surface area contributed by atoms with Crippen LogP contribution in [0.2, 0.25) is 0 Å². The monoisotopic (exact) mass is 347 g/mol. The molecule has 1 aliphatic carbocycles. The molecule has 2 fully saturated rings. The number of hydrogen-bond acceptors (Lipinski definition) is 2. The fourth-order valence-corrected chi connectivity index (χ4v) is 3.55. The molecule has 0 radical (unpaired) electrons. The predicted octanol–water partition coefficient (Wildman–Crippen LogP) is 2.54. The smallest absolute Gasteiger partial charge is 0.337 e. The molecule has 0 unspecified atom stereocenters. The molecule has 0 bridgehead atoms. The number of halogens is 3. The van der Waals surface area contributed by atoms with Crippen molar-refractivity contribution in [1.82, 2.24) is 15.1 Å². The van der Waals surface area contributed by atoms with E-state index in [4.69, 9.17) is 0 Å². The van der Waals surface area contributed by atoms with E-state index in [0.717, 1.165) is 17.7 Å². The fourth-order valence-electron chi connectivity index (χ4n) is 3.55. The van der Waals surface area contributed by atoms with Gasteiger partial charge in [0, 0.05) is 20.1 Å². The van der Waals surface area contributed by atoms with E-state index in [1.54, 1.807) is 11.0 Å². The first kappa shape index (κ1) is 18.6. The summed E-state index contributed by atoms with van der Waals surface area (Å²) in [6.07, 6.45) is -0.0641.